The Bertz CT molecular complexity index is 101. The maximum absolute atomic E-state index is 10.4. The summed E-state index contributed by atoms with van der Waals surface area (Å²) in [5.41, 5.74) is 0. The van der Waals surface area contributed by atoms with Gasteiger partial charge in [0.1, 0.15) is 5.78 Å². The predicted molar refractivity (Wildman–Crippen MR) is 27.7 cm³/mol. The minimum absolute atomic E-state index is 0. The van der Waals surface area contributed by atoms with Crippen LogP contribution in [0.3, 0.4) is 0 Å². The predicted octanol–water partition coefficient (Wildman–Crippen LogP) is 1.19. The van der Waals surface area contributed by atoms with E-state index in [2.05, 4.69) is 6.92 Å². The fraction of sp³-hybridized carbons (Fsp3) is 0.667. The second-order valence-electron chi connectivity index (χ2n) is 2.48. The van der Waals surface area contributed by atoms with Crippen LogP contribution in [0.1, 0.15) is 19.8 Å². The molecule has 0 bridgehead atoms. The van der Waals surface area contributed by atoms with Gasteiger partial charge in [-0.1, -0.05) is 6.92 Å². The van der Waals surface area contributed by atoms with Crippen LogP contribution in [0.2, 0.25) is 0 Å². The molecule has 0 unspecified atom stereocenters. The van der Waals surface area contributed by atoms with Crippen LogP contribution in [0.15, 0.2) is 0 Å². The van der Waals surface area contributed by atoms with E-state index in [9.17, 15) is 4.79 Å². The average molecular weight is 97.1 g/mol. The zero-order valence-electron chi connectivity index (χ0n) is 4.53. The first-order valence-electron chi connectivity index (χ1n) is 2.51. The van der Waals surface area contributed by atoms with Crippen molar-refractivity contribution in [3.63, 3.8) is 0 Å². The largest absolute Gasteiger partial charge is 0.299 e. The minimum atomic E-state index is 0. The molecule has 1 rings (SSSR count). The molecule has 0 aromatic heterocycles. The maximum Gasteiger partial charge on any atom is 0.139 e. The standard InChI is InChI=1S/C6H9O/c1-5(7)6(2)3-4-6/h1,3-4H2,2H3. The monoisotopic (exact) mass is 97.1 g/mol. The molecule has 0 aromatic rings. The zero-order chi connectivity index (χ0) is 5.49. The number of hydrogen-bond acceptors (Lipinski definition) is 1. The van der Waals surface area contributed by atoms with E-state index in [1.165, 1.54) is 0 Å². The van der Waals surface area contributed by atoms with Crippen LogP contribution in [-0.2, 0) is 4.79 Å². The van der Waals surface area contributed by atoms with Crippen molar-refractivity contribution in [2.75, 3.05) is 0 Å². The lowest BCUT2D eigenvalue weighted by molar-refractivity contribution is -0.119. The van der Waals surface area contributed by atoms with Gasteiger partial charge in [-0.2, -0.15) is 0 Å². The van der Waals surface area contributed by atoms with Gasteiger partial charge in [0.15, 0.2) is 0 Å². The Labute approximate surface area is 43.7 Å². The quantitative estimate of drug-likeness (QED) is 0.480. The van der Waals surface area contributed by atoms with E-state index in [-0.39, 0.29) is 11.2 Å². The Kier molecular flexibility index (Phi) is 0.748. The highest BCUT2D eigenvalue weighted by molar-refractivity contribution is 5.90. The van der Waals surface area contributed by atoms with Gasteiger partial charge < -0.3 is 0 Å². The number of hydrogen-bond donors (Lipinski definition) is 0. The van der Waals surface area contributed by atoms with Crippen molar-refractivity contribution in [1.82, 2.24) is 0 Å². The van der Waals surface area contributed by atoms with E-state index in [1.807, 2.05) is 6.92 Å². The van der Waals surface area contributed by atoms with Crippen LogP contribution in [0, 0.1) is 12.3 Å². The first-order valence-corrected chi connectivity index (χ1v) is 2.51. The van der Waals surface area contributed by atoms with Gasteiger partial charge in [-0.15, -0.1) is 0 Å². The fourth-order valence-electron chi connectivity index (χ4n) is 0.466. The molecule has 0 N–H and O–H groups in total. The summed E-state index contributed by atoms with van der Waals surface area (Å²) in [6.45, 7) is 5.29. The van der Waals surface area contributed by atoms with Crippen molar-refractivity contribution >= 4 is 5.78 Å². The van der Waals surface area contributed by atoms with Gasteiger partial charge in [0, 0.05) is 12.3 Å². The summed E-state index contributed by atoms with van der Waals surface area (Å²) in [5.74, 6) is 0.104. The molecule has 0 aliphatic heterocycles. The Hall–Kier alpha value is -0.330. The van der Waals surface area contributed by atoms with Crippen molar-refractivity contribution in [3.05, 3.63) is 6.92 Å². The van der Waals surface area contributed by atoms with E-state index in [4.69, 9.17) is 0 Å². The number of Topliss-reactive ketones (excluding diaryl/α,β-unsaturated/α-hetero) is 1. The molecule has 39 valence electrons. The second-order valence-corrected chi connectivity index (χ2v) is 2.48. The summed E-state index contributed by atoms with van der Waals surface area (Å²) in [5, 5.41) is 0. The molecule has 1 fully saturated rings. The van der Waals surface area contributed by atoms with Crippen LogP contribution in [-0.4, -0.2) is 5.78 Å². The Balaban J connectivity index is 2.55. The summed E-state index contributed by atoms with van der Waals surface area (Å²) in [7, 11) is 0. The maximum atomic E-state index is 10.4. The molecule has 0 amide bonds. The van der Waals surface area contributed by atoms with Gasteiger partial charge in [0.25, 0.3) is 0 Å². The summed E-state index contributed by atoms with van der Waals surface area (Å²) in [4.78, 5) is 10.4. The van der Waals surface area contributed by atoms with Crippen LogP contribution < -0.4 is 0 Å². The molecule has 0 heterocycles. The first-order chi connectivity index (χ1) is 3.15. The molecule has 7 heavy (non-hydrogen) atoms. The molecule has 1 nitrogen and oxygen atoms in total. The van der Waals surface area contributed by atoms with Crippen molar-refractivity contribution in [2.45, 2.75) is 19.8 Å². The molecule has 0 aromatic carbocycles. The third kappa shape index (κ3) is 0.671. The Morgan fingerprint density at radius 3 is 2.14 bits per heavy atom. The average Bonchev–Trinajstić information content (AvgIpc) is 2.21. The number of carbonyl (C=O) groups is 1. The second kappa shape index (κ2) is 1.09. The van der Waals surface area contributed by atoms with Gasteiger partial charge >= 0.3 is 0 Å². The fourth-order valence-corrected chi connectivity index (χ4v) is 0.466. The SMILES string of the molecule is [CH2]C(=O)C1(C)CC1. The van der Waals surface area contributed by atoms with Crippen molar-refractivity contribution < 1.29 is 4.79 Å². The molecule has 1 aliphatic carbocycles. The summed E-state index contributed by atoms with van der Waals surface area (Å²) in [6, 6.07) is 0. The van der Waals surface area contributed by atoms with E-state index < -0.39 is 0 Å². The molecule has 1 heteroatoms. The van der Waals surface area contributed by atoms with Gasteiger partial charge in [0.05, 0.1) is 0 Å². The molecule has 1 saturated carbocycles. The van der Waals surface area contributed by atoms with Crippen molar-refractivity contribution in [1.29, 1.82) is 0 Å². The molecule has 1 aliphatic rings. The molecule has 0 saturated heterocycles. The highest BCUT2D eigenvalue weighted by atomic mass is 16.1. The van der Waals surface area contributed by atoms with E-state index in [1.54, 1.807) is 0 Å². The number of ketones is 1. The third-order valence-corrected chi connectivity index (χ3v) is 1.67. The van der Waals surface area contributed by atoms with Gasteiger partial charge in [-0.3, -0.25) is 4.79 Å². The van der Waals surface area contributed by atoms with Gasteiger partial charge in [-0.05, 0) is 12.8 Å². The summed E-state index contributed by atoms with van der Waals surface area (Å²) < 4.78 is 0. The van der Waals surface area contributed by atoms with Gasteiger partial charge in [0.2, 0.25) is 0 Å². The van der Waals surface area contributed by atoms with Crippen LogP contribution in [0.4, 0.5) is 0 Å². The molecular weight excluding hydrogens is 88.1 g/mol. The lowest BCUT2D eigenvalue weighted by atomic mass is 10.1. The van der Waals surface area contributed by atoms with E-state index in [0.717, 1.165) is 12.8 Å². The molecular formula is C6H9O. The van der Waals surface area contributed by atoms with Crippen LogP contribution in [0.25, 0.3) is 0 Å². The number of carbonyl (C=O) groups excluding carboxylic acids is 1. The third-order valence-electron chi connectivity index (χ3n) is 1.67. The van der Waals surface area contributed by atoms with Crippen molar-refractivity contribution in [3.8, 4) is 0 Å². The molecule has 1 radical (unpaired) electrons. The Morgan fingerprint density at radius 1 is 1.71 bits per heavy atom. The van der Waals surface area contributed by atoms with E-state index in [0.29, 0.717) is 0 Å². The van der Waals surface area contributed by atoms with Crippen LogP contribution in [0.5, 0.6) is 0 Å². The topological polar surface area (TPSA) is 17.1 Å². The van der Waals surface area contributed by atoms with Crippen molar-refractivity contribution in [2.24, 2.45) is 5.41 Å². The smallest absolute Gasteiger partial charge is 0.139 e. The Morgan fingerprint density at radius 2 is 2.14 bits per heavy atom. The lowest BCUT2D eigenvalue weighted by Crippen LogP contribution is -2.05. The first kappa shape index (κ1) is 4.82. The highest BCUT2D eigenvalue weighted by Crippen LogP contribution is 2.45. The van der Waals surface area contributed by atoms with E-state index >= 15 is 0 Å². The number of rotatable bonds is 1. The lowest BCUT2D eigenvalue weighted by Gasteiger charge is -1.96. The summed E-state index contributed by atoms with van der Waals surface area (Å²) >= 11 is 0. The summed E-state index contributed by atoms with van der Waals surface area (Å²) in [6.07, 6.45) is 2.10. The van der Waals surface area contributed by atoms with Gasteiger partial charge in [-0.25, -0.2) is 0 Å². The van der Waals surface area contributed by atoms with Crippen LogP contribution >= 0.6 is 0 Å². The molecule has 0 spiro atoms. The zero-order valence-corrected chi connectivity index (χ0v) is 4.53. The minimum Gasteiger partial charge on any atom is -0.299 e. The molecule has 0 atom stereocenters. The normalized spacial score (nSPS) is 24.3. The highest BCUT2D eigenvalue weighted by Gasteiger charge is 2.41.